The van der Waals surface area contributed by atoms with Crippen LogP contribution in [0.15, 0.2) is 36.4 Å². The zero-order valence-corrected chi connectivity index (χ0v) is 15.7. The molecule has 5 heteroatoms. The van der Waals surface area contributed by atoms with Gasteiger partial charge in [-0.3, -0.25) is 4.79 Å². The molecule has 0 spiro atoms. The Morgan fingerprint density at radius 1 is 1.29 bits per heavy atom. The fourth-order valence-corrected chi connectivity index (χ4v) is 3.90. The molecule has 126 valence electrons. The van der Waals surface area contributed by atoms with Gasteiger partial charge in [0, 0.05) is 23.0 Å². The largest absolute Gasteiger partial charge is 0.351 e. The zero-order valence-electron chi connectivity index (χ0n) is 14.1. The van der Waals surface area contributed by atoms with Crippen molar-refractivity contribution in [2.45, 2.75) is 27.3 Å². The van der Waals surface area contributed by atoms with E-state index in [1.54, 1.807) is 11.3 Å². The Balaban J connectivity index is 1.99. The van der Waals surface area contributed by atoms with Crippen molar-refractivity contribution in [1.82, 2.24) is 9.88 Å². The van der Waals surface area contributed by atoms with Gasteiger partial charge in [-0.05, 0) is 42.7 Å². The lowest BCUT2D eigenvalue weighted by Gasteiger charge is -2.12. The third kappa shape index (κ3) is 3.65. The van der Waals surface area contributed by atoms with Crippen LogP contribution >= 0.6 is 22.9 Å². The number of aromatic nitrogens is 1. The average Bonchev–Trinajstić information content (AvgIpc) is 3.02. The standard InChI is InChI=1S/C19H21ClN2OS/c1-12(2)10-21-19(23)17-9-18-16(7-13(3)24-18)22(17)11-14-5-4-6-15(20)8-14/h4-9,12H,10-11H2,1-3H3,(H,21,23). The fourth-order valence-electron chi connectivity index (χ4n) is 2.73. The summed E-state index contributed by atoms with van der Waals surface area (Å²) in [6, 6.07) is 11.9. The quantitative estimate of drug-likeness (QED) is 0.674. The van der Waals surface area contributed by atoms with E-state index in [2.05, 4.69) is 36.7 Å². The molecule has 0 aliphatic carbocycles. The highest BCUT2D eigenvalue weighted by molar-refractivity contribution is 7.19. The van der Waals surface area contributed by atoms with Crippen molar-refractivity contribution in [3.05, 3.63) is 57.6 Å². The second kappa shape index (κ2) is 6.99. The maximum Gasteiger partial charge on any atom is 0.267 e. The number of hydrogen-bond acceptors (Lipinski definition) is 2. The highest BCUT2D eigenvalue weighted by atomic mass is 35.5. The second-order valence-corrected chi connectivity index (χ2v) is 8.18. The third-order valence-electron chi connectivity index (χ3n) is 3.85. The minimum absolute atomic E-state index is 0.0215. The molecule has 0 radical (unpaired) electrons. The molecule has 2 heterocycles. The van der Waals surface area contributed by atoms with Crippen LogP contribution in [0.1, 0.15) is 34.8 Å². The molecule has 2 aromatic heterocycles. The van der Waals surface area contributed by atoms with Gasteiger partial charge in [-0.2, -0.15) is 0 Å². The van der Waals surface area contributed by atoms with Gasteiger partial charge in [0.2, 0.25) is 0 Å². The Hall–Kier alpha value is -1.78. The number of thiophene rings is 1. The summed E-state index contributed by atoms with van der Waals surface area (Å²) in [4.78, 5) is 13.9. The van der Waals surface area contributed by atoms with Gasteiger partial charge in [-0.15, -0.1) is 11.3 Å². The lowest BCUT2D eigenvalue weighted by Crippen LogP contribution is -2.29. The van der Waals surface area contributed by atoms with Gasteiger partial charge in [-0.25, -0.2) is 0 Å². The van der Waals surface area contributed by atoms with E-state index in [1.807, 2.05) is 30.3 Å². The number of benzene rings is 1. The molecule has 3 nitrogen and oxygen atoms in total. The van der Waals surface area contributed by atoms with E-state index < -0.39 is 0 Å². The Kier molecular flexibility index (Phi) is 4.97. The summed E-state index contributed by atoms with van der Waals surface area (Å²) >= 11 is 7.82. The zero-order chi connectivity index (χ0) is 17.3. The predicted octanol–water partition coefficient (Wildman–Crippen LogP) is 5.10. The highest BCUT2D eigenvalue weighted by Gasteiger charge is 2.17. The smallest absolute Gasteiger partial charge is 0.267 e. The number of carbonyl (C=O) groups is 1. The normalized spacial score (nSPS) is 11.4. The topological polar surface area (TPSA) is 34.0 Å². The molecule has 0 atom stereocenters. The first-order valence-corrected chi connectivity index (χ1v) is 9.26. The third-order valence-corrected chi connectivity index (χ3v) is 5.07. The lowest BCUT2D eigenvalue weighted by atomic mass is 10.2. The van der Waals surface area contributed by atoms with E-state index in [0.29, 0.717) is 29.7 Å². The van der Waals surface area contributed by atoms with E-state index in [4.69, 9.17) is 11.6 Å². The minimum atomic E-state index is -0.0215. The van der Waals surface area contributed by atoms with Crippen molar-refractivity contribution >= 4 is 39.1 Å². The van der Waals surface area contributed by atoms with E-state index in [1.165, 1.54) is 4.88 Å². The van der Waals surface area contributed by atoms with E-state index >= 15 is 0 Å². The molecular formula is C19H21ClN2OS. The van der Waals surface area contributed by atoms with Crippen molar-refractivity contribution in [1.29, 1.82) is 0 Å². The summed E-state index contributed by atoms with van der Waals surface area (Å²) in [5, 5.41) is 3.73. The van der Waals surface area contributed by atoms with Gasteiger partial charge in [0.25, 0.3) is 5.91 Å². The molecule has 24 heavy (non-hydrogen) atoms. The summed E-state index contributed by atoms with van der Waals surface area (Å²) in [7, 11) is 0. The lowest BCUT2D eigenvalue weighted by molar-refractivity contribution is 0.0940. The molecule has 0 aliphatic heterocycles. The number of hydrogen-bond donors (Lipinski definition) is 1. The van der Waals surface area contributed by atoms with E-state index in [0.717, 1.165) is 15.8 Å². The summed E-state index contributed by atoms with van der Waals surface area (Å²) in [6.45, 7) is 7.58. The molecule has 0 bridgehead atoms. The van der Waals surface area contributed by atoms with Crippen LogP contribution in [0.3, 0.4) is 0 Å². The number of nitrogens with zero attached hydrogens (tertiary/aromatic N) is 1. The predicted molar refractivity (Wildman–Crippen MR) is 102 cm³/mol. The van der Waals surface area contributed by atoms with Crippen molar-refractivity contribution < 1.29 is 4.79 Å². The number of aryl methyl sites for hydroxylation is 1. The second-order valence-electron chi connectivity index (χ2n) is 6.46. The molecule has 0 saturated carbocycles. The van der Waals surface area contributed by atoms with Crippen molar-refractivity contribution in [3.63, 3.8) is 0 Å². The van der Waals surface area contributed by atoms with Gasteiger partial charge in [0.1, 0.15) is 5.69 Å². The average molecular weight is 361 g/mol. The first-order chi connectivity index (χ1) is 11.4. The molecule has 1 amide bonds. The molecule has 0 unspecified atom stereocenters. The molecule has 0 fully saturated rings. The van der Waals surface area contributed by atoms with Crippen LogP contribution in [-0.4, -0.2) is 17.0 Å². The van der Waals surface area contributed by atoms with Crippen LogP contribution in [-0.2, 0) is 6.54 Å². The van der Waals surface area contributed by atoms with Crippen LogP contribution in [0, 0.1) is 12.8 Å². The van der Waals surface area contributed by atoms with Crippen LogP contribution < -0.4 is 5.32 Å². The molecule has 1 aromatic carbocycles. The number of rotatable bonds is 5. The number of nitrogens with one attached hydrogen (secondary N) is 1. The SMILES string of the molecule is Cc1cc2c(cc(C(=O)NCC(C)C)n2Cc2cccc(Cl)c2)s1. The van der Waals surface area contributed by atoms with Gasteiger partial charge in [0.15, 0.2) is 0 Å². The minimum Gasteiger partial charge on any atom is -0.351 e. The molecular weight excluding hydrogens is 340 g/mol. The number of carbonyl (C=O) groups excluding carboxylic acids is 1. The van der Waals surface area contributed by atoms with Crippen LogP contribution in [0.2, 0.25) is 5.02 Å². The molecule has 0 aliphatic rings. The first-order valence-electron chi connectivity index (χ1n) is 8.06. The monoisotopic (exact) mass is 360 g/mol. The molecule has 1 N–H and O–H groups in total. The molecule has 3 rings (SSSR count). The Morgan fingerprint density at radius 2 is 2.08 bits per heavy atom. The fraction of sp³-hybridized carbons (Fsp3) is 0.316. The number of amides is 1. The van der Waals surface area contributed by atoms with Crippen molar-refractivity contribution in [2.24, 2.45) is 5.92 Å². The number of fused-ring (bicyclic) bond motifs is 1. The van der Waals surface area contributed by atoms with Crippen molar-refractivity contribution in [3.8, 4) is 0 Å². The van der Waals surface area contributed by atoms with Gasteiger partial charge in [0.05, 0.1) is 10.2 Å². The van der Waals surface area contributed by atoms with E-state index in [-0.39, 0.29) is 5.91 Å². The van der Waals surface area contributed by atoms with Crippen LogP contribution in [0.5, 0.6) is 0 Å². The van der Waals surface area contributed by atoms with Crippen LogP contribution in [0.4, 0.5) is 0 Å². The van der Waals surface area contributed by atoms with E-state index in [9.17, 15) is 4.79 Å². The molecule has 3 aromatic rings. The Morgan fingerprint density at radius 3 is 2.79 bits per heavy atom. The maximum atomic E-state index is 12.6. The van der Waals surface area contributed by atoms with Gasteiger partial charge < -0.3 is 9.88 Å². The summed E-state index contributed by atoms with van der Waals surface area (Å²) in [5.41, 5.74) is 2.89. The van der Waals surface area contributed by atoms with Gasteiger partial charge >= 0.3 is 0 Å². The highest BCUT2D eigenvalue weighted by Crippen LogP contribution is 2.29. The van der Waals surface area contributed by atoms with Crippen molar-refractivity contribution in [2.75, 3.05) is 6.54 Å². The number of halogens is 1. The Labute approximate surface area is 151 Å². The Bertz CT molecular complexity index is 879. The molecule has 0 saturated heterocycles. The summed E-state index contributed by atoms with van der Waals surface area (Å²) in [6.07, 6.45) is 0. The summed E-state index contributed by atoms with van der Waals surface area (Å²) in [5.74, 6) is 0.403. The first kappa shape index (κ1) is 17.1. The van der Waals surface area contributed by atoms with Gasteiger partial charge in [-0.1, -0.05) is 37.6 Å². The van der Waals surface area contributed by atoms with Crippen LogP contribution in [0.25, 0.3) is 10.2 Å². The maximum absolute atomic E-state index is 12.6. The summed E-state index contributed by atoms with van der Waals surface area (Å²) < 4.78 is 3.23.